The summed E-state index contributed by atoms with van der Waals surface area (Å²) in [5.74, 6) is -0.487. The van der Waals surface area contributed by atoms with Gasteiger partial charge in [0.15, 0.2) is 5.13 Å². The first-order valence-electron chi connectivity index (χ1n) is 10.9. The van der Waals surface area contributed by atoms with Gasteiger partial charge in [-0.2, -0.15) is 0 Å². The Balaban J connectivity index is 1.51. The van der Waals surface area contributed by atoms with Gasteiger partial charge in [-0.25, -0.2) is 4.98 Å². The lowest BCUT2D eigenvalue weighted by molar-refractivity contribution is -0.274. The van der Waals surface area contributed by atoms with E-state index >= 15 is 0 Å². The topological polar surface area (TPSA) is 54.5 Å². The van der Waals surface area contributed by atoms with Gasteiger partial charge in [-0.1, -0.05) is 35.9 Å². The first-order valence-corrected chi connectivity index (χ1v) is 13.0. The Kier molecular flexibility index (Phi) is 8.13. The molecule has 186 valence electrons. The molecule has 1 N–H and O–H groups in total. The minimum Gasteiger partial charge on any atom is -0.406 e. The van der Waals surface area contributed by atoms with Gasteiger partial charge in [0.25, 0.3) is 5.91 Å². The summed E-state index contributed by atoms with van der Waals surface area (Å²) in [6.07, 6.45) is -1.82. The van der Waals surface area contributed by atoms with Crippen LogP contribution in [0.25, 0.3) is 0 Å². The molecule has 4 rings (SSSR count). The first-order chi connectivity index (χ1) is 16.7. The molecular formula is C24H23ClF3N3O2S2. The van der Waals surface area contributed by atoms with Gasteiger partial charge in [-0.15, -0.1) is 24.5 Å². The number of rotatable bonds is 10. The molecule has 0 saturated heterocycles. The molecule has 1 saturated carbocycles. The zero-order valence-corrected chi connectivity index (χ0v) is 21.2. The van der Waals surface area contributed by atoms with E-state index in [2.05, 4.69) is 14.4 Å². The molecule has 1 amide bonds. The Morgan fingerprint density at radius 3 is 2.46 bits per heavy atom. The van der Waals surface area contributed by atoms with Crippen LogP contribution in [0.2, 0.25) is 5.02 Å². The van der Waals surface area contributed by atoms with Gasteiger partial charge >= 0.3 is 6.36 Å². The summed E-state index contributed by atoms with van der Waals surface area (Å²) < 4.78 is 44.3. The summed E-state index contributed by atoms with van der Waals surface area (Å²) in [4.78, 5) is 20.1. The third kappa shape index (κ3) is 7.78. The summed E-state index contributed by atoms with van der Waals surface area (Å²) in [5.41, 5.74) is 2.27. The smallest absolute Gasteiger partial charge is 0.406 e. The van der Waals surface area contributed by atoms with Crippen molar-refractivity contribution in [3.63, 3.8) is 0 Å². The molecule has 1 heterocycles. The Morgan fingerprint density at radius 2 is 1.83 bits per heavy atom. The molecule has 35 heavy (non-hydrogen) atoms. The summed E-state index contributed by atoms with van der Waals surface area (Å²) in [6, 6.07) is 13.3. The van der Waals surface area contributed by atoms with E-state index in [4.69, 9.17) is 11.6 Å². The number of aromatic nitrogens is 1. The molecule has 0 aliphatic heterocycles. The molecule has 11 heteroatoms. The maximum Gasteiger partial charge on any atom is 0.573 e. The number of carbonyl (C=O) groups excluding carboxylic acids is 1. The number of hydrogen-bond donors (Lipinski definition) is 1. The summed E-state index contributed by atoms with van der Waals surface area (Å²) >= 11 is 8.85. The van der Waals surface area contributed by atoms with Crippen molar-refractivity contribution in [1.82, 2.24) is 9.71 Å². The van der Waals surface area contributed by atoms with Crippen molar-refractivity contribution in [2.75, 3.05) is 11.4 Å². The van der Waals surface area contributed by atoms with E-state index in [1.807, 2.05) is 36.1 Å². The summed E-state index contributed by atoms with van der Waals surface area (Å²) in [7, 11) is 0. The van der Waals surface area contributed by atoms with Crippen molar-refractivity contribution in [2.24, 2.45) is 0 Å². The molecular weight excluding hydrogens is 519 g/mol. The second-order valence-electron chi connectivity index (χ2n) is 8.14. The highest BCUT2D eigenvalue weighted by molar-refractivity contribution is 7.98. The van der Waals surface area contributed by atoms with Crippen molar-refractivity contribution in [1.29, 1.82) is 0 Å². The molecule has 2 aromatic carbocycles. The van der Waals surface area contributed by atoms with E-state index in [-0.39, 0.29) is 11.7 Å². The fraction of sp³-hybridized carbons (Fsp3) is 0.333. The fourth-order valence-electron chi connectivity index (χ4n) is 3.27. The zero-order chi connectivity index (χ0) is 25.0. The average Bonchev–Trinajstić information content (AvgIpc) is 3.56. The maximum atomic E-state index is 12.6. The number of aryl methyl sites for hydroxylation is 1. The maximum absolute atomic E-state index is 12.6. The zero-order valence-electron chi connectivity index (χ0n) is 18.8. The van der Waals surface area contributed by atoms with Gasteiger partial charge in [0.1, 0.15) is 11.4 Å². The molecule has 3 aromatic rings. The van der Waals surface area contributed by atoms with Crippen LogP contribution in [-0.4, -0.2) is 29.0 Å². The van der Waals surface area contributed by atoms with Crippen LogP contribution in [0.4, 0.5) is 18.3 Å². The monoisotopic (exact) mass is 541 g/mol. The van der Waals surface area contributed by atoms with Crippen molar-refractivity contribution in [3.05, 3.63) is 75.3 Å². The van der Waals surface area contributed by atoms with Crippen molar-refractivity contribution >= 4 is 45.9 Å². The summed E-state index contributed by atoms with van der Waals surface area (Å²) in [5, 5.41) is 1.81. The van der Waals surface area contributed by atoms with Crippen molar-refractivity contribution in [2.45, 2.75) is 44.3 Å². The van der Waals surface area contributed by atoms with E-state index in [0.29, 0.717) is 40.6 Å². The molecule has 0 atom stereocenters. The third-order valence-corrected chi connectivity index (χ3v) is 7.62. The lowest BCUT2D eigenvalue weighted by atomic mass is 10.1. The SMILES string of the molecule is Cc1sc(N(CCc2ccc(Cl)cc2)Cc2ccc(OC(F)(F)F)cc2)nc1C(=O)NSC1CC1. The van der Waals surface area contributed by atoms with Crippen molar-refractivity contribution in [3.8, 4) is 5.75 Å². The molecule has 0 unspecified atom stereocenters. The van der Waals surface area contributed by atoms with Crippen LogP contribution in [0, 0.1) is 6.92 Å². The number of anilines is 1. The molecule has 1 aliphatic rings. The highest BCUT2D eigenvalue weighted by Crippen LogP contribution is 2.33. The van der Waals surface area contributed by atoms with Crippen molar-refractivity contribution < 1.29 is 22.7 Å². The fourth-order valence-corrected chi connectivity index (χ4v) is 5.07. The lowest BCUT2D eigenvalue weighted by Gasteiger charge is -2.22. The normalized spacial score (nSPS) is 13.5. The van der Waals surface area contributed by atoms with Gasteiger partial charge in [-0.3, -0.25) is 9.52 Å². The largest absolute Gasteiger partial charge is 0.573 e. The highest BCUT2D eigenvalue weighted by Gasteiger charge is 2.31. The highest BCUT2D eigenvalue weighted by atomic mass is 35.5. The molecule has 0 spiro atoms. The minimum absolute atomic E-state index is 0.215. The number of benzene rings is 2. The van der Waals surface area contributed by atoms with Crippen LogP contribution in [0.3, 0.4) is 0 Å². The molecule has 1 aliphatic carbocycles. The predicted molar refractivity (Wildman–Crippen MR) is 134 cm³/mol. The standard InChI is InChI=1S/C24H23ClF3N3O2S2/c1-15-21(22(32)30-35-20-10-11-20)29-23(34-15)31(13-12-16-2-6-18(25)7-3-16)14-17-4-8-19(9-5-17)33-24(26,27)28/h2-9,20H,10-14H2,1H3,(H,30,32). The Morgan fingerprint density at radius 1 is 1.17 bits per heavy atom. The van der Waals surface area contributed by atoms with Gasteiger partial charge < -0.3 is 9.64 Å². The molecule has 5 nitrogen and oxygen atoms in total. The number of thiazole rings is 1. The van der Waals surface area contributed by atoms with E-state index < -0.39 is 6.36 Å². The number of halogens is 4. The number of carbonyl (C=O) groups is 1. The summed E-state index contributed by atoms with van der Waals surface area (Å²) in [6.45, 7) is 2.86. The Labute approximate surface area is 214 Å². The second kappa shape index (κ2) is 11.1. The van der Waals surface area contributed by atoms with Crippen LogP contribution in [0.15, 0.2) is 48.5 Å². The second-order valence-corrected chi connectivity index (χ2v) is 10.9. The number of amides is 1. The lowest BCUT2D eigenvalue weighted by Crippen LogP contribution is -2.26. The van der Waals surface area contributed by atoms with Crippen LogP contribution < -0.4 is 14.4 Å². The molecule has 1 aromatic heterocycles. The van der Waals surface area contributed by atoms with Crippen LogP contribution in [0.1, 0.15) is 39.3 Å². The third-order valence-electron chi connectivity index (χ3n) is 5.23. The first kappa shape index (κ1) is 25.7. The number of hydrogen-bond acceptors (Lipinski definition) is 6. The van der Waals surface area contributed by atoms with E-state index in [0.717, 1.165) is 28.8 Å². The van der Waals surface area contributed by atoms with Gasteiger partial charge in [-0.05, 0) is 73.5 Å². The van der Waals surface area contributed by atoms with Gasteiger partial charge in [0.2, 0.25) is 0 Å². The number of alkyl halides is 3. The van der Waals surface area contributed by atoms with E-state index in [1.54, 1.807) is 12.1 Å². The van der Waals surface area contributed by atoms with Crippen LogP contribution in [-0.2, 0) is 13.0 Å². The molecule has 0 radical (unpaired) electrons. The molecule has 0 bridgehead atoms. The van der Waals surface area contributed by atoms with E-state index in [1.165, 1.54) is 35.4 Å². The Hall–Kier alpha value is -2.43. The predicted octanol–water partition coefficient (Wildman–Crippen LogP) is 6.79. The van der Waals surface area contributed by atoms with Crippen LogP contribution in [0.5, 0.6) is 5.75 Å². The average molecular weight is 542 g/mol. The quantitative estimate of drug-likeness (QED) is 0.286. The van der Waals surface area contributed by atoms with Gasteiger partial charge in [0, 0.05) is 28.2 Å². The Bertz CT molecular complexity index is 1150. The number of nitrogens with one attached hydrogen (secondary N) is 1. The van der Waals surface area contributed by atoms with Crippen LogP contribution >= 0.6 is 34.9 Å². The number of ether oxygens (including phenoxy) is 1. The molecule has 1 fully saturated rings. The van der Waals surface area contributed by atoms with E-state index in [9.17, 15) is 18.0 Å². The number of nitrogens with zero attached hydrogens (tertiary/aromatic N) is 2. The minimum atomic E-state index is -4.74. The van der Waals surface area contributed by atoms with Gasteiger partial charge in [0.05, 0.1) is 0 Å².